The maximum absolute atomic E-state index is 12.5. The van der Waals surface area contributed by atoms with Crippen LogP contribution in [-0.2, 0) is 17.1 Å². The molecule has 1 aliphatic rings. The molecule has 4 rings (SSSR count). The van der Waals surface area contributed by atoms with Crippen molar-refractivity contribution < 1.29 is 14.5 Å². The number of rotatable bonds is 11. The predicted molar refractivity (Wildman–Crippen MR) is 134 cm³/mol. The third-order valence-electron chi connectivity index (χ3n) is 6.22. The van der Waals surface area contributed by atoms with E-state index in [9.17, 15) is 14.9 Å². The van der Waals surface area contributed by atoms with Crippen LogP contribution < -0.4 is 10.1 Å². The lowest BCUT2D eigenvalue weighted by Crippen LogP contribution is -2.24. The summed E-state index contributed by atoms with van der Waals surface area (Å²) < 4.78 is 7.14. The largest absolute Gasteiger partial charge is 0.497 e. The molecule has 0 saturated heterocycles. The SMILES string of the molecule is COc1cccc(CSc2nnc(CNC(=O)CCC3CCCC3)n2-c2ccc([N+](=O)[O-])cc2)c1. The number of nitrogens with one attached hydrogen (secondary N) is 1. The second-order valence-electron chi connectivity index (χ2n) is 8.61. The van der Waals surface area contributed by atoms with Crippen LogP contribution in [0.1, 0.15) is 49.9 Å². The first kappa shape index (κ1) is 24.7. The molecular weight excluding hydrogens is 466 g/mol. The van der Waals surface area contributed by atoms with Gasteiger partial charge in [-0.15, -0.1) is 10.2 Å². The molecule has 2 aromatic carbocycles. The smallest absolute Gasteiger partial charge is 0.269 e. The third-order valence-corrected chi connectivity index (χ3v) is 7.22. The summed E-state index contributed by atoms with van der Waals surface area (Å²) in [7, 11) is 1.63. The third kappa shape index (κ3) is 6.60. The predicted octanol–water partition coefficient (Wildman–Crippen LogP) is 5.06. The lowest BCUT2D eigenvalue weighted by molar-refractivity contribution is -0.384. The lowest BCUT2D eigenvalue weighted by Gasteiger charge is -2.12. The van der Waals surface area contributed by atoms with Crippen molar-refractivity contribution in [2.45, 2.75) is 56.0 Å². The monoisotopic (exact) mass is 495 g/mol. The fourth-order valence-electron chi connectivity index (χ4n) is 4.30. The van der Waals surface area contributed by atoms with Crippen molar-refractivity contribution in [1.29, 1.82) is 0 Å². The van der Waals surface area contributed by atoms with Gasteiger partial charge in [-0.05, 0) is 42.2 Å². The molecule has 1 amide bonds. The minimum absolute atomic E-state index is 0.000679. The van der Waals surface area contributed by atoms with Crippen LogP contribution in [0.15, 0.2) is 53.7 Å². The Labute approximate surface area is 208 Å². The van der Waals surface area contributed by atoms with E-state index in [1.165, 1.54) is 49.6 Å². The summed E-state index contributed by atoms with van der Waals surface area (Å²) in [5, 5.41) is 23.4. The van der Waals surface area contributed by atoms with Crippen LogP contribution in [-0.4, -0.2) is 32.7 Å². The Morgan fingerprint density at radius 3 is 2.69 bits per heavy atom. The van der Waals surface area contributed by atoms with Crippen LogP contribution in [0.5, 0.6) is 5.75 Å². The van der Waals surface area contributed by atoms with Crippen LogP contribution >= 0.6 is 11.8 Å². The van der Waals surface area contributed by atoms with Gasteiger partial charge in [0.1, 0.15) is 5.75 Å². The molecule has 9 nitrogen and oxygen atoms in total. The van der Waals surface area contributed by atoms with E-state index in [1.54, 1.807) is 19.2 Å². The second-order valence-corrected chi connectivity index (χ2v) is 9.56. The van der Waals surface area contributed by atoms with Crippen molar-refractivity contribution in [3.05, 3.63) is 70.0 Å². The highest BCUT2D eigenvalue weighted by Crippen LogP contribution is 2.29. The molecule has 10 heteroatoms. The molecule has 3 aromatic rings. The second kappa shape index (κ2) is 11.8. The van der Waals surface area contributed by atoms with E-state index in [0.717, 1.165) is 17.7 Å². The molecule has 1 aromatic heterocycles. The fourth-order valence-corrected chi connectivity index (χ4v) is 5.22. The number of nitrogens with zero attached hydrogens (tertiary/aromatic N) is 4. The van der Waals surface area contributed by atoms with Crippen molar-refractivity contribution in [3.8, 4) is 11.4 Å². The van der Waals surface area contributed by atoms with E-state index in [0.29, 0.717) is 34.8 Å². The Balaban J connectivity index is 1.49. The summed E-state index contributed by atoms with van der Waals surface area (Å²) in [5.74, 6) is 2.64. The summed E-state index contributed by atoms with van der Waals surface area (Å²) in [6, 6.07) is 14.0. The molecule has 1 N–H and O–H groups in total. The van der Waals surface area contributed by atoms with E-state index in [1.807, 2.05) is 28.8 Å². The number of nitro benzene ring substituents is 1. The molecule has 0 unspecified atom stereocenters. The van der Waals surface area contributed by atoms with Gasteiger partial charge in [-0.25, -0.2) is 0 Å². The Hall–Kier alpha value is -3.40. The number of nitro groups is 1. The molecule has 0 atom stereocenters. The number of carbonyl (C=O) groups is 1. The summed E-state index contributed by atoms with van der Waals surface area (Å²) in [4.78, 5) is 23.1. The zero-order valence-corrected chi connectivity index (χ0v) is 20.5. The van der Waals surface area contributed by atoms with Gasteiger partial charge in [0.2, 0.25) is 5.91 Å². The number of carbonyl (C=O) groups excluding carboxylic acids is 1. The van der Waals surface area contributed by atoms with Gasteiger partial charge in [0, 0.05) is 30.0 Å². The van der Waals surface area contributed by atoms with E-state index < -0.39 is 4.92 Å². The summed E-state index contributed by atoms with van der Waals surface area (Å²) in [5.41, 5.74) is 1.77. The van der Waals surface area contributed by atoms with Crippen molar-refractivity contribution in [2.75, 3.05) is 7.11 Å². The zero-order valence-electron chi connectivity index (χ0n) is 19.7. The topological polar surface area (TPSA) is 112 Å². The van der Waals surface area contributed by atoms with Gasteiger partial charge < -0.3 is 10.1 Å². The van der Waals surface area contributed by atoms with Gasteiger partial charge in [-0.3, -0.25) is 19.5 Å². The van der Waals surface area contributed by atoms with Crippen LogP contribution in [0.3, 0.4) is 0 Å². The molecule has 0 bridgehead atoms. The number of non-ortho nitro benzene ring substituents is 1. The number of aromatic nitrogens is 3. The van der Waals surface area contributed by atoms with E-state index in [2.05, 4.69) is 15.5 Å². The normalized spacial score (nSPS) is 13.6. The molecule has 1 fully saturated rings. The number of ether oxygens (including phenoxy) is 1. The number of hydrogen-bond acceptors (Lipinski definition) is 7. The standard InChI is InChI=1S/C25H29N5O4S/c1-34-22-8-4-7-19(15-22)17-35-25-28-27-23(16-26-24(31)14-9-18-5-2-3-6-18)29(25)20-10-12-21(13-11-20)30(32)33/h4,7-8,10-13,15,18H,2-3,5-6,9,14,16-17H2,1H3,(H,26,31). The van der Waals surface area contributed by atoms with Crippen LogP contribution in [0.2, 0.25) is 0 Å². The quantitative estimate of drug-likeness (QED) is 0.225. The molecule has 0 spiro atoms. The number of methoxy groups -OCH3 is 1. The highest BCUT2D eigenvalue weighted by molar-refractivity contribution is 7.98. The zero-order chi connectivity index (χ0) is 24.6. The number of thioether (sulfide) groups is 1. The molecule has 1 heterocycles. The van der Waals surface area contributed by atoms with Gasteiger partial charge in [0.15, 0.2) is 11.0 Å². The number of benzene rings is 2. The van der Waals surface area contributed by atoms with Crippen molar-refractivity contribution in [1.82, 2.24) is 20.1 Å². The highest BCUT2D eigenvalue weighted by atomic mass is 32.2. The van der Waals surface area contributed by atoms with Gasteiger partial charge in [-0.2, -0.15) is 0 Å². The minimum atomic E-state index is -0.431. The molecule has 35 heavy (non-hydrogen) atoms. The number of amides is 1. The van der Waals surface area contributed by atoms with E-state index in [-0.39, 0.29) is 18.1 Å². The highest BCUT2D eigenvalue weighted by Gasteiger charge is 2.19. The Morgan fingerprint density at radius 1 is 1.20 bits per heavy atom. The Bertz CT molecular complexity index is 1160. The van der Waals surface area contributed by atoms with E-state index in [4.69, 9.17) is 4.74 Å². The van der Waals surface area contributed by atoms with Crippen molar-refractivity contribution >= 4 is 23.4 Å². The van der Waals surface area contributed by atoms with Gasteiger partial charge in [0.25, 0.3) is 5.69 Å². The first-order chi connectivity index (χ1) is 17.0. The van der Waals surface area contributed by atoms with Gasteiger partial charge in [0.05, 0.1) is 18.6 Å². The molecular formula is C25H29N5O4S. The van der Waals surface area contributed by atoms with Crippen molar-refractivity contribution in [3.63, 3.8) is 0 Å². The summed E-state index contributed by atoms with van der Waals surface area (Å²) in [6.07, 6.45) is 6.39. The first-order valence-corrected chi connectivity index (χ1v) is 12.7. The lowest BCUT2D eigenvalue weighted by atomic mass is 10.0. The average molecular weight is 496 g/mol. The maximum atomic E-state index is 12.5. The van der Waals surface area contributed by atoms with Gasteiger partial charge in [-0.1, -0.05) is 49.6 Å². The molecule has 1 aliphatic carbocycles. The van der Waals surface area contributed by atoms with Gasteiger partial charge >= 0.3 is 0 Å². The summed E-state index contributed by atoms with van der Waals surface area (Å²) in [6.45, 7) is 0.229. The molecule has 184 valence electrons. The molecule has 0 aliphatic heterocycles. The fraction of sp³-hybridized carbons (Fsp3) is 0.400. The maximum Gasteiger partial charge on any atom is 0.269 e. The molecule has 1 saturated carbocycles. The van der Waals surface area contributed by atoms with E-state index >= 15 is 0 Å². The van der Waals surface area contributed by atoms with Crippen LogP contribution in [0.4, 0.5) is 5.69 Å². The molecule has 0 radical (unpaired) electrons. The Kier molecular flexibility index (Phi) is 8.36. The average Bonchev–Trinajstić information content (AvgIpc) is 3.55. The Morgan fingerprint density at radius 2 is 1.97 bits per heavy atom. The van der Waals surface area contributed by atoms with Crippen LogP contribution in [0.25, 0.3) is 5.69 Å². The number of hydrogen-bond donors (Lipinski definition) is 1. The van der Waals surface area contributed by atoms with Crippen molar-refractivity contribution in [2.24, 2.45) is 5.92 Å². The van der Waals surface area contributed by atoms with Crippen LogP contribution in [0, 0.1) is 16.0 Å². The minimum Gasteiger partial charge on any atom is -0.497 e. The first-order valence-electron chi connectivity index (χ1n) is 11.7. The summed E-state index contributed by atoms with van der Waals surface area (Å²) >= 11 is 1.49.